The molecule has 1 aromatic carbocycles. The number of carboxylic acid groups (broad SMARTS) is 1. The normalized spacial score (nSPS) is 15.8. The van der Waals surface area contributed by atoms with Gasteiger partial charge in [-0.2, -0.15) is 0 Å². The van der Waals surface area contributed by atoms with Crippen LogP contribution in [-0.2, 0) is 4.79 Å². The standard InChI is InChI=1S/C11H12ClNO4/c1-3-17-10-5-9(13-6(2)14)8(12)4-7(10)11(15)16/h4-5H,3H2,1-2H3,(H,13,14)(H,15,16)/i1D3,3D2. The molecule has 1 aromatic rings. The molecular formula is C11H12ClNO4. The molecule has 2 N–H and O–H groups in total. The van der Waals surface area contributed by atoms with Crippen LogP contribution in [0.15, 0.2) is 12.1 Å². The molecule has 17 heavy (non-hydrogen) atoms. The first-order valence-electron chi connectivity index (χ1n) is 6.88. The van der Waals surface area contributed by atoms with Crippen LogP contribution in [0.1, 0.15) is 31.0 Å². The number of ether oxygens (including phenoxy) is 1. The Morgan fingerprint density at radius 1 is 1.65 bits per heavy atom. The Morgan fingerprint density at radius 2 is 2.35 bits per heavy atom. The van der Waals surface area contributed by atoms with Crippen LogP contribution in [0.25, 0.3) is 0 Å². The second-order valence-corrected chi connectivity index (χ2v) is 3.43. The lowest BCUT2D eigenvalue weighted by atomic mass is 10.1. The largest absolute Gasteiger partial charge is 0.493 e. The van der Waals surface area contributed by atoms with Gasteiger partial charge in [0.15, 0.2) is 0 Å². The van der Waals surface area contributed by atoms with Gasteiger partial charge in [-0.1, -0.05) is 11.6 Å². The van der Waals surface area contributed by atoms with Gasteiger partial charge in [0, 0.05) is 17.1 Å². The number of benzene rings is 1. The van der Waals surface area contributed by atoms with Crippen molar-refractivity contribution in [1.82, 2.24) is 0 Å². The van der Waals surface area contributed by atoms with E-state index in [0.29, 0.717) is 0 Å². The highest BCUT2D eigenvalue weighted by Gasteiger charge is 2.15. The molecule has 0 aliphatic heterocycles. The zero-order valence-corrected chi connectivity index (χ0v) is 9.46. The zero-order chi connectivity index (χ0) is 17.3. The molecule has 6 heteroatoms. The number of halogens is 1. The van der Waals surface area contributed by atoms with Crippen LogP contribution in [-0.4, -0.2) is 23.5 Å². The third kappa shape index (κ3) is 3.35. The molecule has 0 radical (unpaired) electrons. The summed E-state index contributed by atoms with van der Waals surface area (Å²) in [4.78, 5) is 22.2. The van der Waals surface area contributed by atoms with Crippen LogP contribution in [0.3, 0.4) is 0 Å². The lowest BCUT2D eigenvalue weighted by Crippen LogP contribution is -2.09. The monoisotopic (exact) mass is 262 g/mol. The lowest BCUT2D eigenvalue weighted by molar-refractivity contribution is -0.114. The van der Waals surface area contributed by atoms with Crippen molar-refractivity contribution in [2.75, 3.05) is 11.9 Å². The van der Waals surface area contributed by atoms with Gasteiger partial charge >= 0.3 is 5.97 Å². The summed E-state index contributed by atoms with van der Waals surface area (Å²) in [6.45, 7) is -5.08. The SMILES string of the molecule is [2H]C([2H])([2H])C([2H])([2H])Oc1cc(NC(C)=O)c(Cl)cc1C(=O)O. The van der Waals surface area contributed by atoms with Crippen molar-refractivity contribution in [2.45, 2.75) is 13.8 Å². The summed E-state index contributed by atoms with van der Waals surface area (Å²) in [5.74, 6) is -2.57. The number of nitrogens with one attached hydrogen (secondary N) is 1. The van der Waals surface area contributed by atoms with Gasteiger partial charge < -0.3 is 15.2 Å². The highest BCUT2D eigenvalue weighted by Crippen LogP contribution is 2.31. The molecule has 0 aliphatic carbocycles. The minimum Gasteiger partial charge on any atom is -0.493 e. The van der Waals surface area contributed by atoms with Gasteiger partial charge in [-0.15, -0.1) is 0 Å². The van der Waals surface area contributed by atoms with Gasteiger partial charge in [0.1, 0.15) is 11.3 Å². The van der Waals surface area contributed by atoms with E-state index in [1.807, 2.05) is 0 Å². The molecule has 0 aromatic heterocycles. The summed E-state index contributed by atoms with van der Waals surface area (Å²) in [5.41, 5.74) is -0.567. The Kier molecular flexibility index (Phi) is 2.46. The van der Waals surface area contributed by atoms with Gasteiger partial charge in [0.25, 0.3) is 0 Å². The van der Waals surface area contributed by atoms with Gasteiger partial charge in [-0.25, -0.2) is 4.79 Å². The molecule has 0 saturated carbocycles. The van der Waals surface area contributed by atoms with Gasteiger partial charge in [0.2, 0.25) is 5.91 Å². The fraction of sp³-hybridized carbons (Fsp3) is 0.273. The quantitative estimate of drug-likeness (QED) is 0.874. The van der Waals surface area contributed by atoms with Crippen molar-refractivity contribution >= 4 is 29.2 Å². The summed E-state index contributed by atoms with van der Waals surface area (Å²) < 4.78 is 40.7. The summed E-state index contributed by atoms with van der Waals surface area (Å²) >= 11 is 5.81. The van der Waals surface area contributed by atoms with Crippen molar-refractivity contribution < 1.29 is 26.3 Å². The van der Waals surface area contributed by atoms with Gasteiger partial charge in [-0.05, 0) is 12.9 Å². The second-order valence-electron chi connectivity index (χ2n) is 3.02. The Morgan fingerprint density at radius 3 is 2.88 bits per heavy atom. The number of hydrogen-bond acceptors (Lipinski definition) is 3. The predicted octanol–water partition coefficient (Wildman–Crippen LogP) is 2.40. The van der Waals surface area contributed by atoms with Crippen LogP contribution in [0.4, 0.5) is 5.69 Å². The van der Waals surface area contributed by atoms with E-state index in [2.05, 4.69) is 5.32 Å². The Balaban J connectivity index is 3.37. The third-order valence-corrected chi connectivity index (χ3v) is 2.08. The Bertz CT molecular complexity index is 617. The minimum atomic E-state index is -3.14. The average molecular weight is 263 g/mol. The fourth-order valence-electron chi connectivity index (χ4n) is 1.15. The van der Waals surface area contributed by atoms with E-state index >= 15 is 0 Å². The highest BCUT2D eigenvalue weighted by molar-refractivity contribution is 6.34. The van der Waals surface area contributed by atoms with Crippen molar-refractivity contribution in [3.8, 4) is 5.75 Å². The summed E-state index contributed by atoms with van der Waals surface area (Å²) in [6.07, 6.45) is 0. The van der Waals surface area contributed by atoms with Crippen LogP contribution >= 0.6 is 11.6 Å². The average Bonchev–Trinajstić information content (AvgIpc) is 2.30. The molecule has 0 saturated heterocycles. The lowest BCUT2D eigenvalue weighted by Gasteiger charge is -2.11. The molecule has 1 amide bonds. The van der Waals surface area contributed by atoms with Crippen LogP contribution in [0.5, 0.6) is 5.75 Å². The van der Waals surface area contributed by atoms with Crippen LogP contribution in [0.2, 0.25) is 5.02 Å². The first kappa shape index (κ1) is 7.55. The van der Waals surface area contributed by atoms with Gasteiger partial charge in [-0.3, -0.25) is 4.79 Å². The number of anilines is 1. The third-order valence-electron chi connectivity index (χ3n) is 1.77. The molecule has 0 spiro atoms. The van der Waals surface area contributed by atoms with E-state index < -0.39 is 36.6 Å². The molecule has 0 bridgehead atoms. The predicted molar refractivity (Wildman–Crippen MR) is 63.9 cm³/mol. The second kappa shape index (κ2) is 5.54. The number of carboxylic acids is 1. The Labute approximate surface area is 110 Å². The van der Waals surface area contributed by atoms with E-state index in [1.165, 1.54) is 6.92 Å². The number of amides is 1. The van der Waals surface area contributed by atoms with Crippen molar-refractivity contribution in [1.29, 1.82) is 0 Å². The smallest absolute Gasteiger partial charge is 0.339 e. The maximum absolute atomic E-state index is 11.2. The molecule has 0 fully saturated rings. The van der Waals surface area contributed by atoms with E-state index in [-0.39, 0.29) is 10.7 Å². The molecule has 0 atom stereocenters. The minimum absolute atomic E-state index is 0.0319. The number of carbonyl (C=O) groups is 2. The van der Waals surface area contributed by atoms with Crippen LogP contribution in [0, 0.1) is 0 Å². The van der Waals surface area contributed by atoms with Crippen LogP contribution < -0.4 is 10.1 Å². The number of hydrogen-bond donors (Lipinski definition) is 2. The first-order chi connectivity index (χ1) is 9.85. The van der Waals surface area contributed by atoms with E-state index in [9.17, 15) is 9.59 Å². The fourth-order valence-corrected chi connectivity index (χ4v) is 1.36. The topological polar surface area (TPSA) is 75.6 Å². The summed E-state index contributed by atoms with van der Waals surface area (Å²) in [5, 5.41) is 11.3. The molecule has 0 aliphatic rings. The number of rotatable bonds is 4. The van der Waals surface area contributed by atoms with E-state index in [4.69, 9.17) is 28.3 Å². The zero-order valence-electron chi connectivity index (χ0n) is 13.7. The summed E-state index contributed by atoms with van der Waals surface area (Å²) in [6, 6.07) is 1.89. The summed E-state index contributed by atoms with van der Waals surface area (Å²) in [7, 11) is 0. The maximum atomic E-state index is 11.2. The van der Waals surface area contributed by atoms with Crippen molar-refractivity contribution in [2.24, 2.45) is 0 Å². The highest BCUT2D eigenvalue weighted by atomic mass is 35.5. The maximum Gasteiger partial charge on any atom is 0.339 e. The Hall–Kier alpha value is -1.75. The number of carbonyl (C=O) groups excluding carboxylic acids is 1. The molecule has 1 rings (SSSR count). The molecular weight excluding hydrogens is 246 g/mol. The molecule has 5 nitrogen and oxygen atoms in total. The number of aromatic carboxylic acids is 1. The van der Waals surface area contributed by atoms with E-state index in [0.717, 1.165) is 12.1 Å². The first-order valence-corrected chi connectivity index (χ1v) is 4.76. The van der Waals surface area contributed by atoms with Crippen molar-refractivity contribution in [3.63, 3.8) is 0 Å². The molecule has 0 unspecified atom stereocenters. The van der Waals surface area contributed by atoms with Gasteiger partial charge in [0.05, 0.1) is 20.0 Å². The van der Waals surface area contributed by atoms with E-state index in [1.54, 1.807) is 0 Å². The molecule has 0 heterocycles. The van der Waals surface area contributed by atoms with Crippen molar-refractivity contribution in [3.05, 3.63) is 22.7 Å². The molecule has 92 valence electrons.